The summed E-state index contributed by atoms with van der Waals surface area (Å²) in [5.74, 6) is 0.619. The van der Waals surface area contributed by atoms with Crippen LogP contribution in [0.2, 0.25) is 0 Å². The molecule has 3 heteroatoms. The van der Waals surface area contributed by atoms with Crippen molar-refractivity contribution in [3.8, 4) is 0 Å². The Bertz CT molecular complexity index is 386. The topological polar surface area (TPSA) is 38.9 Å². The Morgan fingerprint density at radius 2 is 1.92 bits per heavy atom. The van der Waals surface area contributed by atoms with Crippen LogP contribution in [-0.2, 0) is 0 Å². The molecule has 13 heavy (non-hydrogen) atoms. The van der Waals surface area contributed by atoms with Crippen molar-refractivity contribution in [1.82, 2.24) is 4.98 Å². The van der Waals surface area contributed by atoms with Crippen molar-refractivity contribution in [3.63, 3.8) is 0 Å². The number of nitrogens with zero attached hydrogens (tertiary/aromatic N) is 1. The van der Waals surface area contributed by atoms with Crippen LogP contribution in [0.1, 0.15) is 5.56 Å². The summed E-state index contributed by atoms with van der Waals surface area (Å²) in [6.45, 7) is 1.97. The Balaban J connectivity index is 0.000000845. The maximum absolute atomic E-state index is 5.67. The molecule has 0 spiro atoms. The minimum atomic E-state index is 0. The van der Waals surface area contributed by atoms with Crippen LogP contribution >= 0.6 is 12.4 Å². The second-order valence-corrected chi connectivity index (χ2v) is 2.88. The van der Waals surface area contributed by atoms with E-state index in [2.05, 4.69) is 11.1 Å². The van der Waals surface area contributed by atoms with Crippen molar-refractivity contribution >= 4 is 29.1 Å². The lowest BCUT2D eigenvalue weighted by molar-refractivity contribution is 1.34. The summed E-state index contributed by atoms with van der Waals surface area (Å²) in [5, 5.41) is 1.14. The Morgan fingerprint density at radius 3 is 2.69 bits per heavy atom. The number of para-hydroxylation sites is 1. The van der Waals surface area contributed by atoms with Crippen LogP contribution in [0.3, 0.4) is 0 Å². The van der Waals surface area contributed by atoms with Gasteiger partial charge in [-0.25, -0.2) is 4.98 Å². The van der Waals surface area contributed by atoms with Crippen molar-refractivity contribution in [2.45, 2.75) is 6.92 Å². The number of hydrogen-bond donors (Lipinski definition) is 1. The van der Waals surface area contributed by atoms with E-state index in [1.54, 1.807) is 0 Å². The van der Waals surface area contributed by atoms with Crippen LogP contribution in [0, 0.1) is 6.92 Å². The van der Waals surface area contributed by atoms with Gasteiger partial charge in [-0.3, -0.25) is 0 Å². The van der Waals surface area contributed by atoms with Crippen molar-refractivity contribution in [3.05, 3.63) is 35.9 Å². The summed E-state index contributed by atoms with van der Waals surface area (Å²) in [6, 6.07) is 10.0. The predicted molar refractivity (Wildman–Crippen MR) is 58.1 cm³/mol. The van der Waals surface area contributed by atoms with Gasteiger partial charge in [0.2, 0.25) is 0 Å². The van der Waals surface area contributed by atoms with Gasteiger partial charge in [-0.15, -0.1) is 12.4 Å². The van der Waals surface area contributed by atoms with Gasteiger partial charge >= 0.3 is 0 Å². The van der Waals surface area contributed by atoms with Crippen LogP contribution in [0.25, 0.3) is 10.9 Å². The minimum Gasteiger partial charge on any atom is -0.383 e. The molecule has 0 aliphatic carbocycles. The summed E-state index contributed by atoms with van der Waals surface area (Å²) in [6.07, 6.45) is 0. The molecule has 1 heterocycles. The third-order valence-corrected chi connectivity index (χ3v) is 1.95. The normalized spacial score (nSPS) is 9.62. The SMILES string of the molecule is Cc1cc2ccccc2nc1N.Cl. The van der Waals surface area contributed by atoms with E-state index in [4.69, 9.17) is 5.73 Å². The number of pyridine rings is 1. The molecule has 0 aliphatic heterocycles. The second-order valence-electron chi connectivity index (χ2n) is 2.88. The molecule has 2 rings (SSSR count). The molecule has 0 saturated carbocycles. The maximum atomic E-state index is 5.67. The molecule has 2 aromatic rings. The fourth-order valence-corrected chi connectivity index (χ4v) is 1.24. The first-order valence-corrected chi connectivity index (χ1v) is 3.89. The maximum Gasteiger partial charge on any atom is 0.127 e. The molecule has 0 fully saturated rings. The van der Waals surface area contributed by atoms with E-state index in [0.29, 0.717) is 5.82 Å². The molecule has 0 atom stereocenters. The number of rotatable bonds is 0. The molecule has 0 saturated heterocycles. The molecule has 1 aromatic heterocycles. The minimum absolute atomic E-state index is 0. The monoisotopic (exact) mass is 194 g/mol. The molecule has 0 unspecified atom stereocenters. The summed E-state index contributed by atoms with van der Waals surface area (Å²) in [7, 11) is 0. The van der Waals surface area contributed by atoms with Gasteiger partial charge in [-0.2, -0.15) is 0 Å². The van der Waals surface area contributed by atoms with Gasteiger partial charge < -0.3 is 5.73 Å². The average molecular weight is 195 g/mol. The van der Waals surface area contributed by atoms with E-state index in [1.807, 2.05) is 31.2 Å². The second kappa shape index (κ2) is 3.62. The number of benzene rings is 1. The molecule has 2 nitrogen and oxygen atoms in total. The lowest BCUT2D eigenvalue weighted by Crippen LogP contribution is -1.93. The van der Waals surface area contributed by atoms with E-state index >= 15 is 0 Å². The zero-order valence-electron chi connectivity index (χ0n) is 7.32. The molecular formula is C10H11ClN2. The lowest BCUT2D eigenvalue weighted by Gasteiger charge is -2.01. The highest BCUT2D eigenvalue weighted by molar-refractivity contribution is 5.85. The lowest BCUT2D eigenvalue weighted by atomic mass is 10.1. The third kappa shape index (κ3) is 1.73. The van der Waals surface area contributed by atoms with Crippen LogP contribution in [0.5, 0.6) is 0 Å². The van der Waals surface area contributed by atoms with Crippen LogP contribution in [0.4, 0.5) is 5.82 Å². The average Bonchev–Trinajstić information content (AvgIpc) is 2.07. The number of hydrogen-bond acceptors (Lipinski definition) is 2. The molecule has 0 radical (unpaired) electrons. The van der Waals surface area contributed by atoms with Gasteiger partial charge in [0.05, 0.1) is 5.52 Å². The van der Waals surface area contributed by atoms with Gasteiger partial charge in [0.1, 0.15) is 5.82 Å². The fourth-order valence-electron chi connectivity index (χ4n) is 1.24. The molecule has 0 amide bonds. The van der Waals surface area contributed by atoms with E-state index in [9.17, 15) is 0 Å². The van der Waals surface area contributed by atoms with Gasteiger partial charge in [0.15, 0.2) is 0 Å². The Kier molecular flexibility index (Phi) is 2.73. The zero-order chi connectivity index (χ0) is 8.55. The van der Waals surface area contributed by atoms with Crippen molar-refractivity contribution in [2.75, 3.05) is 5.73 Å². The van der Waals surface area contributed by atoms with Gasteiger partial charge in [-0.05, 0) is 24.6 Å². The Labute approximate surface area is 83.2 Å². The number of aromatic nitrogens is 1. The highest BCUT2D eigenvalue weighted by Gasteiger charge is 1.97. The van der Waals surface area contributed by atoms with Crippen LogP contribution < -0.4 is 5.73 Å². The molecule has 1 aromatic carbocycles. The number of anilines is 1. The number of nitrogen functional groups attached to an aromatic ring is 1. The highest BCUT2D eigenvalue weighted by Crippen LogP contribution is 2.16. The first-order valence-electron chi connectivity index (χ1n) is 3.89. The van der Waals surface area contributed by atoms with Crippen molar-refractivity contribution < 1.29 is 0 Å². The number of aryl methyl sites for hydroxylation is 1. The van der Waals surface area contributed by atoms with Crippen molar-refractivity contribution in [1.29, 1.82) is 0 Å². The molecule has 68 valence electrons. The van der Waals surface area contributed by atoms with E-state index < -0.39 is 0 Å². The predicted octanol–water partition coefficient (Wildman–Crippen LogP) is 2.55. The Morgan fingerprint density at radius 1 is 1.23 bits per heavy atom. The summed E-state index contributed by atoms with van der Waals surface area (Å²) < 4.78 is 0. The van der Waals surface area contributed by atoms with Gasteiger partial charge in [0.25, 0.3) is 0 Å². The standard InChI is InChI=1S/C10H10N2.ClH/c1-7-6-8-4-2-3-5-9(8)12-10(7)11;/h2-6H,1H3,(H2,11,12);1H. The van der Waals surface area contributed by atoms with Crippen LogP contribution in [-0.4, -0.2) is 4.98 Å². The van der Waals surface area contributed by atoms with Crippen LogP contribution in [0.15, 0.2) is 30.3 Å². The summed E-state index contributed by atoms with van der Waals surface area (Å²) >= 11 is 0. The third-order valence-electron chi connectivity index (χ3n) is 1.95. The summed E-state index contributed by atoms with van der Waals surface area (Å²) in [4.78, 5) is 4.25. The fraction of sp³-hybridized carbons (Fsp3) is 0.100. The first-order chi connectivity index (χ1) is 5.77. The largest absolute Gasteiger partial charge is 0.383 e. The molecule has 0 bridgehead atoms. The Hall–Kier alpha value is -1.28. The number of nitrogens with two attached hydrogens (primary N) is 1. The van der Waals surface area contributed by atoms with Crippen molar-refractivity contribution in [2.24, 2.45) is 0 Å². The van der Waals surface area contributed by atoms with E-state index in [1.165, 1.54) is 0 Å². The van der Waals surface area contributed by atoms with Gasteiger partial charge in [0, 0.05) is 5.39 Å². The zero-order valence-corrected chi connectivity index (χ0v) is 8.14. The van der Waals surface area contributed by atoms with Gasteiger partial charge in [-0.1, -0.05) is 18.2 Å². The van der Waals surface area contributed by atoms with E-state index in [0.717, 1.165) is 16.5 Å². The molecule has 0 aliphatic rings. The highest BCUT2D eigenvalue weighted by atomic mass is 35.5. The number of fused-ring (bicyclic) bond motifs is 1. The molecular weight excluding hydrogens is 184 g/mol. The van der Waals surface area contributed by atoms with E-state index in [-0.39, 0.29) is 12.4 Å². The quantitative estimate of drug-likeness (QED) is 0.700. The first kappa shape index (κ1) is 9.81. The molecule has 2 N–H and O–H groups in total. The summed E-state index contributed by atoms with van der Waals surface area (Å²) in [5.41, 5.74) is 7.67. The smallest absolute Gasteiger partial charge is 0.127 e. The number of halogens is 1.